The first-order valence-corrected chi connectivity index (χ1v) is 9.19. The second-order valence-corrected chi connectivity index (χ2v) is 6.65. The summed E-state index contributed by atoms with van der Waals surface area (Å²) in [5.41, 5.74) is 3.49. The van der Waals surface area contributed by atoms with Crippen LogP contribution in [0.2, 0.25) is 0 Å². The van der Waals surface area contributed by atoms with Gasteiger partial charge >= 0.3 is 0 Å². The second kappa shape index (κ2) is 8.01. The van der Waals surface area contributed by atoms with Crippen LogP contribution in [-0.4, -0.2) is 24.0 Å². The number of nitrogens with one attached hydrogen (secondary N) is 3. The van der Waals surface area contributed by atoms with Crippen LogP contribution < -0.4 is 16.0 Å². The molecule has 1 saturated heterocycles. The highest BCUT2D eigenvalue weighted by Gasteiger charge is 2.22. The van der Waals surface area contributed by atoms with Gasteiger partial charge in [-0.25, -0.2) is 4.98 Å². The summed E-state index contributed by atoms with van der Waals surface area (Å²) in [7, 11) is 0. The highest BCUT2D eigenvalue weighted by molar-refractivity contribution is 6.05. The first-order chi connectivity index (χ1) is 13.3. The average Bonchev–Trinajstić information content (AvgIpc) is 3.25. The van der Waals surface area contributed by atoms with Crippen LogP contribution in [0.4, 0.5) is 17.2 Å². The van der Waals surface area contributed by atoms with Gasteiger partial charge in [0.1, 0.15) is 5.82 Å². The van der Waals surface area contributed by atoms with Gasteiger partial charge in [-0.3, -0.25) is 4.79 Å². The Morgan fingerprint density at radius 1 is 0.963 bits per heavy atom. The topological polar surface area (TPSA) is 66.0 Å². The molecular formula is C22H22N4O. The van der Waals surface area contributed by atoms with Gasteiger partial charge in [0, 0.05) is 17.8 Å². The van der Waals surface area contributed by atoms with E-state index < -0.39 is 0 Å². The zero-order valence-corrected chi connectivity index (χ0v) is 15.0. The molecule has 1 aliphatic heterocycles. The summed E-state index contributed by atoms with van der Waals surface area (Å²) in [5, 5.41) is 9.56. The molecule has 0 spiro atoms. The number of nitrogens with zero attached hydrogens (tertiary/aromatic N) is 1. The summed E-state index contributed by atoms with van der Waals surface area (Å²) < 4.78 is 0. The van der Waals surface area contributed by atoms with Gasteiger partial charge < -0.3 is 16.0 Å². The van der Waals surface area contributed by atoms with Crippen LogP contribution in [0, 0.1) is 0 Å². The summed E-state index contributed by atoms with van der Waals surface area (Å²) >= 11 is 0. The molecule has 1 amide bonds. The number of aromatic nitrogens is 1. The SMILES string of the molecule is O=C(Nc1ccc(Nc2ccccc2)nc1)c1ccccc1[C@@H]1CCNC1. The van der Waals surface area contributed by atoms with Gasteiger partial charge in [0.15, 0.2) is 0 Å². The van der Waals surface area contributed by atoms with Crippen molar-refractivity contribution in [3.8, 4) is 0 Å². The maximum absolute atomic E-state index is 12.8. The minimum absolute atomic E-state index is 0.0944. The zero-order valence-electron chi connectivity index (χ0n) is 15.0. The van der Waals surface area contributed by atoms with Gasteiger partial charge in [0.25, 0.3) is 5.91 Å². The number of anilines is 3. The van der Waals surface area contributed by atoms with Gasteiger partial charge in [0.05, 0.1) is 11.9 Å². The van der Waals surface area contributed by atoms with Crippen LogP contribution in [0.1, 0.15) is 28.3 Å². The van der Waals surface area contributed by atoms with Crippen LogP contribution in [0.3, 0.4) is 0 Å². The molecule has 1 aliphatic rings. The van der Waals surface area contributed by atoms with E-state index in [9.17, 15) is 4.79 Å². The van der Waals surface area contributed by atoms with Gasteiger partial charge in [0.2, 0.25) is 0 Å². The third kappa shape index (κ3) is 4.15. The lowest BCUT2D eigenvalue weighted by Crippen LogP contribution is -2.17. The molecular weight excluding hydrogens is 336 g/mol. The number of hydrogen-bond acceptors (Lipinski definition) is 4. The first-order valence-electron chi connectivity index (χ1n) is 9.19. The van der Waals surface area contributed by atoms with Crippen molar-refractivity contribution in [1.82, 2.24) is 10.3 Å². The first kappa shape index (κ1) is 17.2. The number of hydrogen-bond donors (Lipinski definition) is 3. The molecule has 0 unspecified atom stereocenters. The molecule has 136 valence electrons. The zero-order chi connectivity index (χ0) is 18.5. The summed E-state index contributed by atoms with van der Waals surface area (Å²) in [6.07, 6.45) is 2.73. The van der Waals surface area contributed by atoms with E-state index in [4.69, 9.17) is 0 Å². The van der Waals surface area contributed by atoms with E-state index in [0.29, 0.717) is 11.6 Å². The molecule has 5 nitrogen and oxygen atoms in total. The van der Waals surface area contributed by atoms with E-state index >= 15 is 0 Å². The third-order valence-corrected chi connectivity index (χ3v) is 4.77. The Kier molecular flexibility index (Phi) is 5.12. The largest absolute Gasteiger partial charge is 0.340 e. The normalized spacial score (nSPS) is 16.1. The van der Waals surface area contributed by atoms with Crippen LogP contribution >= 0.6 is 0 Å². The highest BCUT2D eigenvalue weighted by atomic mass is 16.1. The maximum Gasteiger partial charge on any atom is 0.255 e. The Morgan fingerprint density at radius 3 is 2.52 bits per heavy atom. The number of carbonyl (C=O) groups excluding carboxylic acids is 1. The van der Waals surface area contributed by atoms with Crippen molar-refractivity contribution in [3.05, 3.63) is 84.1 Å². The Balaban J connectivity index is 1.46. The van der Waals surface area contributed by atoms with Crippen molar-refractivity contribution in [3.63, 3.8) is 0 Å². The molecule has 2 aromatic carbocycles. The molecule has 0 aliphatic carbocycles. The van der Waals surface area contributed by atoms with E-state index in [-0.39, 0.29) is 5.91 Å². The molecule has 1 fully saturated rings. The van der Waals surface area contributed by atoms with Crippen molar-refractivity contribution >= 4 is 23.1 Å². The molecule has 1 atom stereocenters. The molecule has 5 heteroatoms. The molecule has 3 N–H and O–H groups in total. The fraction of sp³-hybridized carbons (Fsp3) is 0.182. The van der Waals surface area contributed by atoms with E-state index in [1.54, 1.807) is 6.20 Å². The summed E-state index contributed by atoms with van der Waals surface area (Å²) in [4.78, 5) is 17.2. The van der Waals surface area contributed by atoms with Gasteiger partial charge in [-0.2, -0.15) is 0 Å². The van der Waals surface area contributed by atoms with E-state index in [2.05, 4.69) is 27.0 Å². The van der Waals surface area contributed by atoms with E-state index in [1.807, 2.05) is 60.7 Å². The maximum atomic E-state index is 12.8. The van der Waals surface area contributed by atoms with Crippen molar-refractivity contribution in [2.75, 3.05) is 23.7 Å². The minimum Gasteiger partial charge on any atom is -0.340 e. The van der Waals surface area contributed by atoms with Crippen LogP contribution in [0.25, 0.3) is 0 Å². The molecule has 2 heterocycles. The lowest BCUT2D eigenvalue weighted by atomic mass is 9.93. The van der Waals surface area contributed by atoms with Gasteiger partial charge in [-0.15, -0.1) is 0 Å². The predicted molar refractivity (Wildman–Crippen MR) is 109 cm³/mol. The summed E-state index contributed by atoms with van der Waals surface area (Å²) in [5.74, 6) is 1.03. The monoisotopic (exact) mass is 358 g/mol. The van der Waals surface area contributed by atoms with Crippen molar-refractivity contribution in [1.29, 1.82) is 0 Å². The van der Waals surface area contributed by atoms with Crippen molar-refractivity contribution in [2.24, 2.45) is 0 Å². The highest BCUT2D eigenvalue weighted by Crippen LogP contribution is 2.26. The lowest BCUT2D eigenvalue weighted by Gasteiger charge is -2.14. The minimum atomic E-state index is -0.0944. The lowest BCUT2D eigenvalue weighted by molar-refractivity contribution is 0.102. The number of pyridine rings is 1. The fourth-order valence-electron chi connectivity index (χ4n) is 3.39. The standard InChI is InChI=1S/C22H22N4O/c27-22(20-9-5-4-8-19(20)16-12-13-23-14-16)26-18-10-11-21(24-15-18)25-17-6-2-1-3-7-17/h1-11,15-16,23H,12-14H2,(H,24,25)(H,26,27)/t16-/m1/s1. The van der Waals surface area contributed by atoms with Gasteiger partial charge in [-0.1, -0.05) is 36.4 Å². The average molecular weight is 358 g/mol. The summed E-state index contributed by atoms with van der Waals surface area (Å²) in [6, 6.07) is 21.4. The Bertz CT molecular complexity index is 903. The molecule has 1 aromatic heterocycles. The van der Waals surface area contributed by atoms with Crippen LogP contribution in [0.5, 0.6) is 0 Å². The van der Waals surface area contributed by atoms with Crippen LogP contribution in [-0.2, 0) is 0 Å². The molecule has 0 bridgehead atoms. The van der Waals surface area contributed by atoms with E-state index in [0.717, 1.165) is 42.1 Å². The van der Waals surface area contributed by atoms with Crippen LogP contribution in [0.15, 0.2) is 72.9 Å². The Morgan fingerprint density at radius 2 is 1.78 bits per heavy atom. The number of para-hydroxylation sites is 1. The molecule has 3 aromatic rings. The quantitative estimate of drug-likeness (QED) is 0.641. The fourth-order valence-corrected chi connectivity index (χ4v) is 3.39. The number of rotatable bonds is 5. The smallest absolute Gasteiger partial charge is 0.255 e. The summed E-state index contributed by atoms with van der Waals surface area (Å²) in [6.45, 7) is 1.92. The van der Waals surface area contributed by atoms with Gasteiger partial charge in [-0.05, 0) is 54.8 Å². The Labute approximate surface area is 158 Å². The predicted octanol–water partition coefficient (Wildman–Crippen LogP) is 4.15. The molecule has 4 rings (SSSR count). The molecule has 0 radical (unpaired) electrons. The molecule has 27 heavy (non-hydrogen) atoms. The van der Waals surface area contributed by atoms with Crippen molar-refractivity contribution < 1.29 is 4.79 Å². The Hall–Kier alpha value is -3.18. The third-order valence-electron chi connectivity index (χ3n) is 4.77. The van der Waals surface area contributed by atoms with E-state index in [1.165, 1.54) is 0 Å². The number of benzene rings is 2. The van der Waals surface area contributed by atoms with Crippen molar-refractivity contribution in [2.45, 2.75) is 12.3 Å². The number of carbonyl (C=O) groups is 1. The second-order valence-electron chi connectivity index (χ2n) is 6.65. The molecule has 0 saturated carbocycles. The number of amides is 1.